The Bertz CT molecular complexity index is 248. The normalized spacial score (nSPS) is 15.5. The molecule has 0 saturated carbocycles. The van der Waals surface area contributed by atoms with E-state index in [1.165, 1.54) is 0 Å². The highest BCUT2D eigenvalue weighted by atomic mass is 35.5. The first-order valence-electron chi connectivity index (χ1n) is 3.07. The van der Waals surface area contributed by atoms with Gasteiger partial charge in [-0.15, -0.1) is 0 Å². The zero-order valence-electron chi connectivity index (χ0n) is 6.59. The molecule has 0 amide bonds. The Hall–Kier alpha value is -0.560. The van der Waals surface area contributed by atoms with Crippen LogP contribution in [0.4, 0.5) is 26.3 Å². The summed E-state index contributed by atoms with van der Waals surface area (Å²) in [6.45, 7) is 0. The van der Waals surface area contributed by atoms with E-state index in [0.29, 0.717) is 0 Å². The molecule has 88 valence electrons. The van der Waals surface area contributed by atoms with Crippen LogP contribution in [0.25, 0.3) is 0 Å². The standard InChI is InChI=1S/C6H2Cl2F6O/c7-3(1-5(9,10)11)15-4(8)2-6(12,13)14/h1-2H/b3-1-,4-2+. The molecule has 0 aromatic carbocycles. The molecule has 0 aromatic heterocycles. The number of rotatable bonds is 2. The SMILES string of the molecule is FC(F)(F)/C=C(\Cl)O/C(Cl)=C\C(F)(F)F. The molecular formula is C6H2Cl2F6O. The summed E-state index contributed by atoms with van der Waals surface area (Å²) in [4.78, 5) is 0. The smallest absolute Gasteiger partial charge is 0.414 e. The van der Waals surface area contributed by atoms with E-state index in [1.54, 1.807) is 0 Å². The lowest BCUT2D eigenvalue weighted by molar-refractivity contribution is -0.0825. The number of hydrogen-bond acceptors (Lipinski definition) is 1. The fourth-order valence-corrected chi connectivity index (χ4v) is 0.863. The molecule has 0 saturated heterocycles. The largest absolute Gasteiger partial charge is 0.433 e. The molecule has 9 heteroatoms. The predicted molar refractivity (Wildman–Crippen MR) is 41.1 cm³/mol. The highest BCUT2D eigenvalue weighted by Crippen LogP contribution is 2.26. The molecule has 15 heavy (non-hydrogen) atoms. The fraction of sp³-hybridized carbons (Fsp3) is 0.333. The second-order valence-electron chi connectivity index (χ2n) is 2.08. The minimum atomic E-state index is -4.80. The van der Waals surface area contributed by atoms with Crippen molar-refractivity contribution in [3.63, 3.8) is 0 Å². The lowest BCUT2D eigenvalue weighted by Crippen LogP contribution is -2.05. The van der Waals surface area contributed by atoms with Gasteiger partial charge in [0.1, 0.15) is 0 Å². The van der Waals surface area contributed by atoms with Crippen LogP contribution in [0.1, 0.15) is 0 Å². The van der Waals surface area contributed by atoms with E-state index in [0.717, 1.165) is 0 Å². The van der Waals surface area contributed by atoms with Crippen molar-refractivity contribution >= 4 is 23.2 Å². The Kier molecular flexibility index (Phi) is 4.79. The van der Waals surface area contributed by atoms with Gasteiger partial charge in [-0.25, -0.2) is 0 Å². The molecular weight excluding hydrogens is 273 g/mol. The van der Waals surface area contributed by atoms with Crippen LogP contribution in [0, 0.1) is 0 Å². The van der Waals surface area contributed by atoms with Crippen molar-refractivity contribution in [1.29, 1.82) is 0 Å². The maximum atomic E-state index is 11.6. The number of alkyl halides is 6. The van der Waals surface area contributed by atoms with Gasteiger partial charge in [-0.05, 0) is 23.2 Å². The first-order valence-corrected chi connectivity index (χ1v) is 3.83. The maximum absolute atomic E-state index is 11.6. The molecule has 0 aliphatic carbocycles. The molecule has 0 fully saturated rings. The van der Waals surface area contributed by atoms with Crippen LogP contribution < -0.4 is 0 Å². The summed E-state index contributed by atoms with van der Waals surface area (Å²) in [6.07, 6.45) is -10.7. The van der Waals surface area contributed by atoms with Gasteiger partial charge in [0.15, 0.2) is 10.4 Å². The van der Waals surface area contributed by atoms with E-state index in [-0.39, 0.29) is 0 Å². The quantitative estimate of drug-likeness (QED) is 0.539. The Labute approximate surface area is 89.9 Å². The second kappa shape index (κ2) is 4.98. The van der Waals surface area contributed by atoms with Gasteiger partial charge in [0, 0.05) is 0 Å². The van der Waals surface area contributed by atoms with Crippen molar-refractivity contribution in [2.45, 2.75) is 12.4 Å². The molecule has 0 rings (SSSR count). The van der Waals surface area contributed by atoms with Crippen LogP contribution in [0.15, 0.2) is 22.6 Å². The van der Waals surface area contributed by atoms with Crippen LogP contribution in [0.3, 0.4) is 0 Å². The van der Waals surface area contributed by atoms with Crippen LogP contribution in [0.2, 0.25) is 0 Å². The highest BCUT2D eigenvalue weighted by molar-refractivity contribution is 6.31. The minimum absolute atomic E-state index is 0.541. The number of hydrogen-bond donors (Lipinski definition) is 0. The summed E-state index contributed by atoms with van der Waals surface area (Å²) in [5, 5.41) is -2.62. The van der Waals surface area contributed by atoms with Gasteiger partial charge >= 0.3 is 12.4 Å². The van der Waals surface area contributed by atoms with E-state index in [2.05, 4.69) is 4.74 Å². The van der Waals surface area contributed by atoms with Gasteiger partial charge in [0.25, 0.3) is 0 Å². The predicted octanol–water partition coefficient (Wildman–Crippen LogP) is 4.29. The van der Waals surface area contributed by atoms with E-state index in [1.807, 2.05) is 0 Å². The summed E-state index contributed by atoms with van der Waals surface area (Å²) >= 11 is 9.63. The molecule has 0 atom stereocenters. The van der Waals surface area contributed by atoms with Crippen molar-refractivity contribution in [3.05, 3.63) is 22.6 Å². The fourth-order valence-electron chi connectivity index (χ4n) is 0.409. The molecule has 0 spiro atoms. The van der Waals surface area contributed by atoms with Crippen LogP contribution in [0.5, 0.6) is 0 Å². The van der Waals surface area contributed by atoms with E-state index in [9.17, 15) is 26.3 Å². The number of ether oxygens (including phenoxy) is 1. The molecule has 0 radical (unpaired) electrons. The monoisotopic (exact) mass is 274 g/mol. The third kappa shape index (κ3) is 9.74. The van der Waals surface area contributed by atoms with Crippen molar-refractivity contribution in [3.8, 4) is 0 Å². The Morgan fingerprint density at radius 1 is 0.800 bits per heavy atom. The zero-order valence-corrected chi connectivity index (χ0v) is 8.10. The lowest BCUT2D eigenvalue weighted by Gasteiger charge is -2.05. The van der Waals surface area contributed by atoms with E-state index in [4.69, 9.17) is 23.2 Å². The van der Waals surface area contributed by atoms with Crippen molar-refractivity contribution in [1.82, 2.24) is 0 Å². The van der Waals surface area contributed by atoms with Crippen LogP contribution >= 0.6 is 23.2 Å². The second-order valence-corrected chi connectivity index (χ2v) is 2.83. The molecule has 0 unspecified atom stereocenters. The number of allylic oxidation sites excluding steroid dienone is 2. The molecule has 0 bridgehead atoms. The summed E-state index contributed by atoms with van der Waals surface area (Å²) < 4.78 is 73.2. The summed E-state index contributed by atoms with van der Waals surface area (Å²) in [6, 6.07) is 0. The van der Waals surface area contributed by atoms with Gasteiger partial charge in [0.2, 0.25) is 0 Å². The zero-order chi connectivity index (χ0) is 12.3. The van der Waals surface area contributed by atoms with Crippen molar-refractivity contribution in [2.75, 3.05) is 0 Å². The van der Waals surface area contributed by atoms with Gasteiger partial charge < -0.3 is 4.74 Å². The first-order chi connectivity index (χ1) is 6.49. The maximum Gasteiger partial charge on any atom is 0.414 e. The molecule has 0 aliphatic heterocycles. The number of halogens is 8. The van der Waals surface area contributed by atoms with Gasteiger partial charge in [-0.2, -0.15) is 26.3 Å². The Morgan fingerprint density at radius 3 is 1.27 bits per heavy atom. The molecule has 0 heterocycles. The molecule has 0 aliphatic rings. The Morgan fingerprint density at radius 2 is 1.07 bits per heavy atom. The average molecular weight is 275 g/mol. The van der Waals surface area contributed by atoms with Gasteiger partial charge in [-0.1, -0.05) is 0 Å². The van der Waals surface area contributed by atoms with E-state index >= 15 is 0 Å². The molecule has 0 aromatic rings. The molecule has 0 N–H and O–H groups in total. The summed E-state index contributed by atoms with van der Waals surface area (Å²) in [7, 11) is 0. The highest BCUT2D eigenvalue weighted by Gasteiger charge is 2.27. The molecule has 1 nitrogen and oxygen atoms in total. The Balaban J connectivity index is 4.50. The van der Waals surface area contributed by atoms with Crippen LogP contribution in [-0.4, -0.2) is 12.4 Å². The lowest BCUT2D eigenvalue weighted by atomic mass is 10.6. The first kappa shape index (κ1) is 14.4. The van der Waals surface area contributed by atoms with Crippen molar-refractivity contribution in [2.24, 2.45) is 0 Å². The third-order valence-electron chi connectivity index (χ3n) is 0.749. The average Bonchev–Trinajstić information content (AvgIpc) is 1.73. The van der Waals surface area contributed by atoms with Crippen LogP contribution in [-0.2, 0) is 4.74 Å². The van der Waals surface area contributed by atoms with Crippen molar-refractivity contribution < 1.29 is 31.1 Å². The third-order valence-corrected chi connectivity index (χ3v) is 1.12. The van der Waals surface area contributed by atoms with E-state index < -0.39 is 34.9 Å². The summed E-state index contributed by atoms with van der Waals surface area (Å²) in [5.74, 6) is 0. The topological polar surface area (TPSA) is 9.23 Å². The summed E-state index contributed by atoms with van der Waals surface area (Å²) in [5.41, 5.74) is 0. The van der Waals surface area contributed by atoms with Gasteiger partial charge in [0.05, 0.1) is 12.2 Å². The minimum Gasteiger partial charge on any atom is -0.433 e. The van der Waals surface area contributed by atoms with Gasteiger partial charge in [-0.3, -0.25) is 0 Å².